The third-order valence-corrected chi connectivity index (χ3v) is 2.81. The molecular weight excluding hydrogens is 282 g/mol. The summed E-state index contributed by atoms with van der Waals surface area (Å²) < 4.78 is 0. The maximum Gasteiger partial charge on any atom is 0.320 e. The van der Waals surface area contributed by atoms with E-state index in [2.05, 4.69) is 4.99 Å². The molecule has 8 N–H and O–H groups in total. The quantitative estimate of drug-likeness (QED) is 0.241. The van der Waals surface area contributed by atoms with Crippen molar-refractivity contribution in [3.8, 4) is 0 Å². The molecule has 0 saturated heterocycles. The standard InChI is InChI=1S/C12H23N3O6/c13-9(11(18)19)3-1-7(16)5-15-6-8(17)2-4-10(14)12(20)21/h5,7-10,16-17H,1-4,6,13-14H2,(H,18,19)(H,20,21). The van der Waals surface area contributed by atoms with Gasteiger partial charge in [-0.3, -0.25) is 14.6 Å². The number of rotatable bonds is 11. The van der Waals surface area contributed by atoms with Crippen LogP contribution in [0.1, 0.15) is 25.7 Å². The lowest BCUT2D eigenvalue weighted by Crippen LogP contribution is -2.31. The molecule has 0 radical (unpaired) electrons. The van der Waals surface area contributed by atoms with E-state index in [4.69, 9.17) is 21.7 Å². The lowest BCUT2D eigenvalue weighted by Gasteiger charge is -2.11. The van der Waals surface area contributed by atoms with E-state index in [1.807, 2.05) is 0 Å². The van der Waals surface area contributed by atoms with Crippen molar-refractivity contribution in [2.45, 2.75) is 50.0 Å². The third kappa shape index (κ3) is 9.91. The molecule has 0 rings (SSSR count). The highest BCUT2D eigenvalue weighted by molar-refractivity contribution is 5.73. The average molecular weight is 305 g/mol. The molecule has 4 unspecified atom stereocenters. The van der Waals surface area contributed by atoms with Crippen LogP contribution < -0.4 is 11.5 Å². The SMILES string of the molecule is NC(CCC(O)C=NCC(O)CCC(N)C(=O)O)C(=O)O. The van der Waals surface area contributed by atoms with Crippen LogP contribution in [0.25, 0.3) is 0 Å². The van der Waals surface area contributed by atoms with Gasteiger partial charge in [-0.15, -0.1) is 0 Å². The molecule has 4 atom stereocenters. The summed E-state index contributed by atoms with van der Waals surface area (Å²) in [5.41, 5.74) is 10.6. The van der Waals surface area contributed by atoms with Crippen molar-refractivity contribution in [1.82, 2.24) is 0 Å². The van der Waals surface area contributed by atoms with E-state index in [0.29, 0.717) is 0 Å². The van der Waals surface area contributed by atoms with Crippen LogP contribution in [0.15, 0.2) is 4.99 Å². The van der Waals surface area contributed by atoms with Gasteiger partial charge in [-0.05, 0) is 25.7 Å². The molecule has 0 saturated carbocycles. The number of aliphatic carboxylic acids is 2. The molecule has 0 aromatic heterocycles. The van der Waals surface area contributed by atoms with Gasteiger partial charge in [0, 0.05) is 6.21 Å². The zero-order chi connectivity index (χ0) is 16.4. The first kappa shape index (κ1) is 19.4. The molecule has 122 valence electrons. The number of hydrogen-bond acceptors (Lipinski definition) is 7. The van der Waals surface area contributed by atoms with Crippen molar-refractivity contribution in [3.05, 3.63) is 0 Å². The second-order valence-electron chi connectivity index (χ2n) is 4.78. The smallest absolute Gasteiger partial charge is 0.320 e. The molecule has 0 heterocycles. The number of aliphatic hydroxyl groups is 2. The van der Waals surface area contributed by atoms with Gasteiger partial charge >= 0.3 is 11.9 Å². The van der Waals surface area contributed by atoms with Gasteiger partial charge in [0.15, 0.2) is 0 Å². The minimum atomic E-state index is -1.13. The van der Waals surface area contributed by atoms with Crippen molar-refractivity contribution < 1.29 is 30.0 Å². The van der Waals surface area contributed by atoms with Crippen LogP contribution in [0, 0.1) is 0 Å². The fourth-order valence-corrected chi connectivity index (χ4v) is 1.44. The summed E-state index contributed by atoms with van der Waals surface area (Å²) in [5, 5.41) is 36.2. The maximum atomic E-state index is 10.5. The third-order valence-electron chi connectivity index (χ3n) is 2.81. The van der Waals surface area contributed by atoms with E-state index in [0.717, 1.165) is 0 Å². The fourth-order valence-electron chi connectivity index (χ4n) is 1.44. The number of carboxylic acid groups (broad SMARTS) is 2. The van der Waals surface area contributed by atoms with E-state index in [9.17, 15) is 19.8 Å². The molecule has 0 aromatic carbocycles. The van der Waals surface area contributed by atoms with Crippen LogP contribution >= 0.6 is 0 Å². The number of aliphatic imine (C=N–C) groups is 1. The molecule has 9 nitrogen and oxygen atoms in total. The Morgan fingerprint density at radius 1 is 0.952 bits per heavy atom. The van der Waals surface area contributed by atoms with Crippen molar-refractivity contribution in [2.75, 3.05) is 6.54 Å². The molecule has 0 aliphatic heterocycles. The Kier molecular flexibility index (Phi) is 9.46. The van der Waals surface area contributed by atoms with Crippen LogP contribution in [0.2, 0.25) is 0 Å². The lowest BCUT2D eigenvalue weighted by atomic mass is 10.1. The zero-order valence-corrected chi connectivity index (χ0v) is 11.6. The van der Waals surface area contributed by atoms with Gasteiger partial charge in [0.25, 0.3) is 0 Å². The highest BCUT2D eigenvalue weighted by Crippen LogP contribution is 2.02. The van der Waals surface area contributed by atoms with Crippen molar-refractivity contribution >= 4 is 18.2 Å². The number of carboxylic acids is 2. The Morgan fingerprint density at radius 3 is 1.90 bits per heavy atom. The van der Waals surface area contributed by atoms with E-state index in [1.54, 1.807) is 0 Å². The largest absolute Gasteiger partial charge is 0.480 e. The first-order chi connectivity index (χ1) is 9.73. The highest BCUT2D eigenvalue weighted by Gasteiger charge is 2.14. The van der Waals surface area contributed by atoms with Gasteiger partial charge in [0.1, 0.15) is 12.1 Å². The molecule has 0 bridgehead atoms. The van der Waals surface area contributed by atoms with E-state index in [1.165, 1.54) is 6.21 Å². The normalized spacial score (nSPS) is 17.3. The fraction of sp³-hybridized carbons (Fsp3) is 0.750. The summed E-state index contributed by atoms with van der Waals surface area (Å²) in [6, 6.07) is -2.05. The van der Waals surface area contributed by atoms with Gasteiger partial charge in [0.05, 0.1) is 18.8 Å². The molecule has 0 fully saturated rings. The zero-order valence-electron chi connectivity index (χ0n) is 11.6. The molecule has 0 aliphatic carbocycles. The number of hydrogen-bond donors (Lipinski definition) is 6. The Balaban J connectivity index is 3.87. The van der Waals surface area contributed by atoms with Crippen LogP contribution in [-0.2, 0) is 9.59 Å². The van der Waals surface area contributed by atoms with Crippen molar-refractivity contribution in [3.63, 3.8) is 0 Å². The van der Waals surface area contributed by atoms with E-state index in [-0.39, 0.29) is 32.2 Å². The van der Waals surface area contributed by atoms with E-state index < -0.39 is 36.2 Å². The van der Waals surface area contributed by atoms with Gasteiger partial charge in [0.2, 0.25) is 0 Å². The number of aliphatic hydroxyl groups excluding tert-OH is 2. The Morgan fingerprint density at radius 2 is 1.43 bits per heavy atom. The summed E-state index contributed by atoms with van der Waals surface area (Å²) in [6.45, 7) is 0.00832. The number of carbonyl (C=O) groups is 2. The Bertz CT molecular complexity index is 363. The predicted molar refractivity (Wildman–Crippen MR) is 75.1 cm³/mol. The highest BCUT2D eigenvalue weighted by atomic mass is 16.4. The van der Waals surface area contributed by atoms with E-state index >= 15 is 0 Å². The first-order valence-electron chi connectivity index (χ1n) is 6.56. The Labute approximate surface area is 122 Å². The average Bonchev–Trinajstić information content (AvgIpc) is 2.41. The van der Waals surface area contributed by atoms with Gasteiger partial charge in [-0.1, -0.05) is 0 Å². The molecular formula is C12H23N3O6. The summed E-state index contributed by atoms with van der Waals surface area (Å²) in [5.74, 6) is -2.26. The molecule has 0 aromatic rings. The monoisotopic (exact) mass is 305 g/mol. The molecule has 0 aliphatic rings. The second-order valence-corrected chi connectivity index (χ2v) is 4.78. The predicted octanol–water partition coefficient (Wildman–Crippen LogP) is -1.84. The van der Waals surface area contributed by atoms with Crippen LogP contribution in [0.5, 0.6) is 0 Å². The van der Waals surface area contributed by atoms with Crippen LogP contribution in [0.4, 0.5) is 0 Å². The molecule has 0 amide bonds. The molecule has 21 heavy (non-hydrogen) atoms. The van der Waals surface area contributed by atoms with Crippen LogP contribution in [0.3, 0.4) is 0 Å². The summed E-state index contributed by atoms with van der Waals surface area (Å²) in [7, 11) is 0. The van der Waals surface area contributed by atoms with Gasteiger partial charge < -0.3 is 31.9 Å². The summed E-state index contributed by atoms with van der Waals surface area (Å²) >= 11 is 0. The molecule has 0 spiro atoms. The minimum absolute atomic E-state index is 0.00832. The number of nitrogens with zero attached hydrogens (tertiary/aromatic N) is 1. The first-order valence-corrected chi connectivity index (χ1v) is 6.56. The maximum absolute atomic E-state index is 10.5. The lowest BCUT2D eigenvalue weighted by molar-refractivity contribution is -0.139. The minimum Gasteiger partial charge on any atom is -0.480 e. The number of nitrogens with two attached hydrogens (primary N) is 2. The van der Waals surface area contributed by atoms with Crippen LogP contribution in [-0.4, -0.2) is 69.4 Å². The topological polar surface area (TPSA) is 179 Å². The second kappa shape index (κ2) is 10.2. The Hall–Kier alpha value is -1.55. The van der Waals surface area contributed by atoms with Crippen molar-refractivity contribution in [1.29, 1.82) is 0 Å². The van der Waals surface area contributed by atoms with Gasteiger partial charge in [-0.25, -0.2) is 0 Å². The van der Waals surface area contributed by atoms with Gasteiger partial charge in [-0.2, -0.15) is 0 Å². The summed E-state index contributed by atoms with van der Waals surface area (Å²) in [6.07, 6.45) is -0.0129. The summed E-state index contributed by atoms with van der Waals surface area (Å²) in [4.78, 5) is 24.7. The van der Waals surface area contributed by atoms with Crippen molar-refractivity contribution in [2.24, 2.45) is 16.5 Å². The molecule has 9 heteroatoms.